The molecule has 0 unspecified atom stereocenters. The van der Waals surface area contributed by atoms with Crippen LogP contribution in [0.25, 0.3) is 22.3 Å². The predicted molar refractivity (Wildman–Crippen MR) is 112 cm³/mol. The van der Waals surface area contributed by atoms with E-state index in [0.29, 0.717) is 40.4 Å². The van der Waals surface area contributed by atoms with Crippen molar-refractivity contribution < 1.29 is 19.3 Å². The number of hydrogen-bond donors (Lipinski definition) is 2. The van der Waals surface area contributed by atoms with Crippen molar-refractivity contribution in [1.29, 1.82) is 0 Å². The molecule has 0 fully saturated rings. The summed E-state index contributed by atoms with van der Waals surface area (Å²) in [6.07, 6.45) is 0.501. The number of aliphatic hydroxyl groups excluding tert-OH is 1. The number of aromatic amines is 1. The van der Waals surface area contributed by atoms with Gasteiger partial charge in [0.25, 0.3) is 5.56 Å². The molecule has 0 amide bonds. The Morgan fingerprint density at radius 1 is 1.07 bits per heavy atom. The van der Waals surface area contributed by atoms with Crippen LogP contribution in [0, 0.1) is 6.92 Å². The number of nitrogens with one attached hydrogen (secondary N) is 1. The van der Waals surface area contributed by atoms with Crippen molar-refractivity contribution in [3.63, 3.8) is 0 Å². The molecule has 0 spiro atoms. The predicted octanol–water partition coefficient (Wildman–Crippen LogP) is 3.46. The van der Waals surface area contributed by atoms with E-state index in [-0.39, 0.29) is 12.2 Å². The van der Waals surface area contributed by atoms with E-state index in [1.807, 2.05) is 39.0 Å². The molecule has 3 rings (SSSR count). The van der Waals surface area contributed by atoms with Crippen molar-refractivity contribution in [3.8, 4) is 28.6 Å². The Hall–Kier alpha value is -3.06. The summed E-state index contributed by atoms with van der Waals surface area (Å²) >= 11 is 0. The first-order chi connectivity index (χ1) is 13.8. The van der Waals surface area contributed by atoms with Gasteiger partial charge in [-0.1, -0.05) is 0 Å². The number of nitrogens with zero attached hydrogens (tertiary/aromatic N) is 1. The second-order valence-electron chi connectivity index (χ2n) is 7.51. The van der Waals surface area contributed by atoms with Crippen LogP contribution >= 0.6 is 0 Å². The molecule has 0 aliphatic heterocycles. The van der Waals surface area contributed by atoms with Crippen molar-refractivity contribution >= 4 is 10.9 Å². The zero-order chi connectivity index (χ0) is 21.2. The fraction of sp³-hybridized carbons (Fsp3) is 0.364. The Morgan fingerprint density at radius 2 is 1.83 bits per heavy atom. The summed E-state index contributed by atoms with van der Waals surface area (Å²) in [5, 5.41) is 9.60. The third-order valence-corrected chi connectivity index (χ3v) is 4.63. The zero-order valence-electron chi connectivity index (χ0n) is 17.3. The Morgan fingerprint density at radius 3 is 2.48 bits per heavy atom. The fourth-order valence-corrected chi connectivity index (χ4v) is 3.21. The number of aliphatic hydroxyl groups is 1. The Balaban J connectivity index is 2.12. The van der Waals surface area contributed by atoms with Crippen molar-refractivity contribution in [1.82, 2.24) is 9.97 Å². The van der Waals surface area contributed by atoms with Crippen molar-refractivity contribution in [2.75, 3.05) is 20.8 Å². The molecular weight excluding hydrogens is 372 g/mol. The van der Waals surface area contributed by atoms with Crippen LogP contribution in [0.3, 0.4) is 0 Å². The molecule has 1 heterocycles. The molecule has 2 N–H and O–H groups in total. The first-order valence-electron chi connectivity index (χ1n) is 9.34. The van der Waals surface area contributed by atoms with Gasteiger partial charge in [-0.05, 0) is 44.5 Å². The van der Waals surface area contributed by atoms with Crippen molar-refractivity contribution in [3.05, 3.63) is 46.2 Å². The maximum Gasteiger partial charge on any atom is 0.262 e. The van der Waals surface area contributed by atoms with Gasteiger partial charge >= 0.3 is 0 Å². The monoisotopic (exact) mass is 398 g/mol. The SMILES string of the molecule is COc1cc(OC)c2c(=O)[nH]c(-c3cc(C)cc(OC(C)(C)CCO)c3)nc2c1. The van der Waals surface area contributed by atoms with Gasteiger partial charge in [0.2, 0.25) is 0 Å². The number of methoxy groups -OCH3 is 2. The van der Waals surface area contributed by atoms with Crippen molar-refractivity contribution in [2.24, 2.45) is 0 Å². The van der Waals surface area contributed by atoms with E-state index in [4.69, 9.17) is 14.2 Å². The van der Waals surface area contributed by atoms with Crippen LogP contribution < -0.4 is 19.8 Å². The van der Waals surface area contributed by atoms with Gasteiger partial charge < -0.3 is 24.3 Å². The summed E-state index contributed by atoms with van der Waals surface area (Å²) in [6, 6.07) is 9.02. The molecule has 154 valence electrons. The van der Waals surface area contributed by atoms with Gasteiger partial charge in [-0.3, -0.25) is 4.79 Å². The summed E-state index contributed by atoms with van der Waals surface area (Å²) in [5.74, 6) is 2.02. The summed E-state index contributed by atoms with van der Waals surface area (Å²) < 4.78 is 16.7. The highest BCUT2D eigenvalue weighted by atomic mass is 16.5. The topological polar surface area (TPSA) is 93.7 Å². The second kappa shape index (κ2) is 8.13. The Labute approximate surface area is 169 Å². The van der Waals surface area contributed by atoms with E-state index < -0.39 is 5.60 Å². The molecule has 0 radical (unpaired) electrons. The second-order valence-corrected chi connectivity index (χ2v) is 7.51. The van der Waals surface area contributed by atoms with Crippen molar-refractivity contribution in [2.45, 2.75) is 32.8 Å². The average molecular weight is 398 g/mol. The number of fused-ring (bicyclic) bond motifs is 1. The van der Waals surface area contributed by atoms with Crippen LogP contribution in [0.5, 0.6) is 17.2 Å². The Kier molecular flexibility index (Phi) is 5.79. The third kappa shape index (κ3) is 4.51. The van der Waals surface area contributed by atoms with E-state index in [1.165, 1.54) is 7.11 Å². The maximum absolute atomic E-state index is 12.8. The van der Waals surface area contributed by atoms with Crippen LogP contribution in [0.2, 0.25) is 0 Å². The van der Waals surface area contributed by atoms with E-state index in [2.05, 4.69) is 9.97 Å². The molecule has 3 aromatic rings. The number of ether oxygens (including phenoxy) is 3. The molecule has 29 heavy (non-hydrogen) atoms. The fourth-order valence-electron chi connectivity index (χ4n) is 3.21. The summed E-state index contributed by atoms with van der Waals surface area (Å²) in [7, 11) is 3.05. The molecule has 0 aliphatic carbocycles. The molecular formula is C22H26N2O5. The lowest BCUT2D eigenvalue weighted by molar-refractivity contribution is 0.0765. The normalized spacial score (nSPS) is 11.5. The van der Waals surface area contributed by atoms with Gasteiger partial charge in [0, 0.05) is 30.7 Å². The Bertz CT molecular complexity index is 1090. The highest BCUT2D eigenvalue weighted by molar-refractivity contribution is 5.87. The average Bonchev–Trinajstić information content (AvgIpc) is 2.65. The molecule has 1 aromatic heterocycles. The van der Waals surface area contributed by atoms with Gasteiger partial charge in [-0.2, -0.15) is 0 Å². The molecule has 0 atom stereocenters. The number of rotatable bonds is 7. The number of H-pyrrole nitrogens is 1. The van der Waals surface area contributed by atoms with E-state index >= 15 is 0 Å². The molecule has 0 aliphatic rings. The minimum absolute atomic E-state index is 0.0366. The van der Waals surface area contributed by atoms with E-state index in [9.17, 15) is 9.90 Å². The van der Waals surface area contributed by atoms with Crippen LogP contribution in [0.4, 0.5) is 0 Å². The summed E-state index contributed by atoms with van der Waals surface area (Å²) in [5.41, 5.74) is 1.34. The molecule has 0 bridgehead atoms. The summed E-state index contributed by atoms with van der Waals surface area (Å²) in [4.78, 5) is 20.2. The van der Waals surface area contributed by atoms with Gasteiger partial charge in [-0.15, -0.1) is 0 Å². The van der Waals surface area contributed by atoms with E-state index in [0.717, 1.165) is 11.1 Å². The molecule has 2 aromatic carbocycles. The van der Waals surface area contributed by atoms with Crippen LogP contribution in [0.1, 0.15) is 25.8 Å². The standard InChI is InChI=1S/C22H26N2O5/c1-13-8-14(10-16(9-13)29-22(2,3)6-7-25)20-23-17-11-15(27-4)12-18(28-5)19(17)21(26)24-20/h8-12,25H,6-7H2,1-5H3,(H,23,24,26). The summed E-state index contributed by atoms with van der Waals surface area (Å²) in [6.45, 7) is 5.81. The van der Waals surface area contributed by atoms with Gasteiger partial charge in [0.1, 0.15) is 34.1 Å². The lowest BCUT2D eigenvalue weighted by atomic mass is 10.1. The highest BCUT2D eigenvalue weighted by Gasteiger charge is 2.20. The molecule has 0 saturated heterocycles. The first kappa shape index (κ1) is 20.7. The number of benzene rings is 2. The zero-order valence-corrected chi connectivity index (χ0v) is 17.3. The lowest BCUT2D eigenvalue weighted by Gasteiger charge is -2.26. The maximum atomic E-state index is 12.8. The molecule has 7 heteroatoms. The van der Waals surface area contributed by atoms with Crippen LogP contribution in [-0.4, -0.2) is 41.5 Å². The largest absolute Gasteiger partial charge is 0.497 e. The third-order valence-electron chi connectivity index (χ3n) is 4.63. The van der Waals surface area contributed by atoms with Crippen LogP contribution in [0.15, 0.2) is 35.1 Å². The molecule has 7 nitrogen and oxygen atoms in total. The minimum Gasteiger partial charge on any atom is -0.497 e. The number of aromatic nitrogens is 2. The first-order valence-corrected chi connectivity index (χ1v) is 9.34. The van der Waals surface area contributed by atoms with Crippen LogP contribution in [-0.2, 0) is 0 Å². The molecule has 0 saturated carbocycles. The number of hydrogen-bond acceptors (Lipinski definition) is 6. The quantitative estimate of drug-likeness (QED) is 0.633. The van der Waals surface area contributed by atoms with Gasteiger partial charge in [0.15, 0.2) is 0 Å². The smallest absolute Gasteiger partial charge is 0.262 e. The minimum atomic E-state index is -0.523. The van der Waals surface area contributed by atoms with E-state index in [1.54, 1.807) is 19.2 Å². The number of aryl methyl sites for hydroxylation is 1. The highest BCUT2D eigenvalue weighted by Crippen LogP contribution is 2.31. The van der Waals surface area contributed by atoms with Gasteiger partial charge in [0.05, 0.1) is 19.7 Å². The lowest BCUT2D eigenvalue weighted by Crippen LogP contribution is -2.29. The van der Waals surface area contributed by atoms with Gasteiger partial charge in [-0.25, -0.2) is 4.98 Å².